The van der Waals surface area contributed by atoms with Crippen molar-refractivity contribution >= 4 is 6.29 Å². The number of aldehydes is 1. The molecular formula is C5H10O3. The standard InChI is InChI=1S/C5H10O3/c1-5(7,8)3-2-4-6/h4,7-8H,2-3H2,1H3. The van der Waals surface area contributed by atoms with Crippen molar-refractivity contribution in [3.8, 4) is 0 Å². The Hall–Kier alpha value is -0.410. The summed E-state index contributed by atoms with van der Waals surface area (Å²) in [5, 5.41) is 17.1. The highest BCUT2D eigenvalue weighted by molar-refractivity contribution is 5.49. The van der Waals surface area contributed by atoms with Gasteiger partial charge in [0.1, 0.15) is 6.29 Å². The number of carbonyl (C=O) groups is 1. The first-order valence-electron chi connectivity index (χ1n) is 2.44. The van der Waals surface area contributed by atoms with Gasteiger partial charge in [0, 0.05) is 12.8 Å². The van der Waals surface area contributed by atoms with Crippen molar-refractivity contribution in [2.45, 2.75) is 25.6 Å². The molecule has 0 aromatic carbocycles. The normalized spacial score (nSPS) is 11.4. The van der Waals surface area contributed by atoms with Crippen LogP contribution in [0.5, 0.6) is 0 Å². The lowest BCUT2D eigenvalue weighted by atomic mass is 10.2. The third-order valence-electron chi connectivity index (χ3n) is 0.736. The highest BCUT2D eigenvalue weighted by Gasteiger charge is 2.12. The molecule has 0 saturated heterocycles. The van der Waals surface area contributed by atoms with E-state index < -0.39 is 5.79 Å². The second-order valence-electron chi connectivity index (χ2n) is 1.92. The number of carbonyl (C=O) groups excluding carboxylic acids is 1. The van der Waals surface area contributed by atoms with Crippen LogP contribution in [0, 0.1) is 0 Å². The van der Waals surface area contributed by atoms with E-state index in [1.165, 1.54) is 6.92 Å². The summed E-state index contributed by atoms with van der Waals surface area (Å²) in [6.45, 7) is 1.25. The van der Waals surface area contributed by atoms with Crippen LogP contribution in [0.2, 0.25) is 0 Å². The summed E-state index contributed by atoms with van der Waals surface area (Å²) >= 11 is 0. The Morgan fingerprint density at radius 2 is 2.12 bits per heavy atom. The van der Waals surface area contributed by atoms with Crippen LogP contribution >= 0.6 is 0 Å². The first-order chi connectivity index (χ1) is 3.56. The highest BCUT2D eigenvalue weighted by Crippen LogP contribution is 2.04. The van der Waals surface area contributed by atoms with Crippen LogP contribution < -0.4 is 0 Å². The Kier molecular flexibility index (Phi) is 2.65. The zero-order chi connectivity index (χ0) is 6.62. The van der Waals surface area contributed by atoms with E-state index in [-0.39, 0.29) is 12.8 Å². The molecule has 0 aromatic heterocycles. The largest absolute Gasteiger partial charge is 0.366 e. The molecule has 0 fully saturated rings. The zero-order valence-corrected chi connectivity index (χ0v) is 4.79. The Balaban J connectivity index is 3.24. The van der Waals surface area contributed by atoms with E-state index in [0.717, 1.165) is 0 Å². The van der Waals surface area contributed by atoms with Crippen molar-refractivity contribution in [2.75, 3.05) is 0 Å². The van der Waals surface area contributed by atoms with E-state index in [0.29, 0.717) is 6.29 Å². The fourth-order valence-corrected chi connectivity index (χ4v) is 0.332. The van der Waals surface area contributed by atoms with Crippen molar-refractivity contribution in [1.82, 2.24) is 0 Å². The minimum atomic E-state index is -1.68. The highest BCUT2D eigenvalue weighted by atomic mass is 16.5. The molecule has 0 aliphatic heterocycles. The zero-order valence-electron chi connectivity index (χ0n) is 4.79. The van der Waals surface area contributed by atoms with Gasteiger partial charge in [-0.1, -0.05) is 0 Å². The quantitative estimate of drug-likeness (QED) is 0.394. The SMILES string of the molecule is CC(O)(O)CCC=O. The van der Waals surface area contributed by atoms with E-state index in [2.05, 4.69) is 0 Å². The molecule has 8 heavy (non-hydrogen) atoms. The molecule has 48 valence electrons. The Labute approximate surface area is 47.9 Å². The van der Waals surface area contributed by atoms with E-state index in [4.69, 9.17) is 10.2 Å². The molecule has 0 unspecified atom stereocenters. The van der Waals surface area contributed by atoms with Crippen LogP contribution in [0.4, 0.5) is 0 Å². The average Bonchev–Trinajstić information content (AvgIpc) is 1.59. The van der Waals surface area contributed by atoms with Crippen LogP contribution in [0.15, 0.2) is 0 Å². The smallest absolute Gasteiger partial charge is 0.160 e. The molecule has 3 nitrogen and oxygen atoms in total. The van der Waals surface area contributed by atoms with Gasteiger partial charge in [0.2, 0.25) is 0 Å². The van der Waals surface area contributed by atoms with Gasteiger partial charge in [-0.05, 0) is 6.92 Å². The summed E-state index contributed by atoms with van der Waals surface area (Å²) < 4.78 is 0. The molecule has 0 spiro atoms. The maximum atomic E-state index is 9.63. The van der Waals surface area contributed by atoms with Crippen molar-refractivity contribution in [2.24, 2.45) is 0 Å². The lowest BCUT2D eigenvalue weighted by molar-refractivity contribution is -0.151. The van der Waals surface area contributed by atoms with Crippen LogP contribution in [0.1, 0.15) is 19.8 Å². The van der Waals surface area contributed by atoms with Crippen LogP contribution in [-0.4, -0.2) is 22.3 Å². The van der Waals surface area contributed by atoms with E-state index >= 15 is 0 Å². The monoisotopic (exact) mass is 118 g/mol. The summed E-state index contributed by atoms with van der Waals surface area (Å²) in [7, 11) is 0. The van der Waals surface area contributed by atoms with E-state index in [9.17, 15) is 4.79 Å². The van der Waals surface area contributed by atoms with Crippen LogP contribution in [0.25, 0.3) is 0 Å². The van der Waals surface area contributed by atoms with Crippen LogP contribution in [0.3, 0.4) is 0 Å². The van der Waals surface area contributed by atoms with Gasteiger partial charge in [0.15, 0.2) is 5.79 Å². The van der Waals surface area contributed by atoms with Gasteiger partial charge in [0.25, 0.3) is 0 Å². The number of hydrogen-bond acceptors (Lipinski definition) is 3. The molecule has 0 bridgehead atoms. The minimum Gasteiger partial charge on any atom is -0.366 e. The Morgan fingerprint density at radius 1 is 1.62 bits per heavy atom. The van der Waals surface area contributed by atoms with Gasteiger partial charge in [-0.15, -0.1) is 0 Å². The van der Waals surface area contributed by atoms with Gasteiger partial charge < -0.3 is 15.0 Å². The van der Waals surface area contributed by atoms with Crippen molar-refractivity contribution in [3.05, 3.63) is 0 Å². The first kappa shape index (κ1) is 7.59. The van der Waals surface area contributed by atoms with E-state index in [1.807, 2.05) is 0 Å². The van der Waals surface area contributed by atoms with Gasteiger partial charge in [-0.25, -0.2) is 0 Å². The fourth-order valence-electron chi connectivity index (χ4n) is 0.332. The molecule has 0 aliphatic rings. The van der Waals surface area contributed by atoms with Gasteiger partial charge in [-0.3, -0.25) is 0 Å². The number of aliphatic hydroxyl groups is 2. The number of hydrogen-bond donors (Lipinski definition) is 2. The van der Waals surface area contributed by atoms with Crippen molar-refractivity contribution in [3.63, 3.8) is 0 Å². The molecular weight excluding hydrogens is 108 g/mol. The molecule has 0 heterocycles. The van der Waals surface area contributed by atoms with Gasteiger partial charge in [0.05, 0.1) is 0 Å². The first-order valence-corrected chi connectivity index (χ1v) is 2.44. The summed E-state index contributed by atoms with van der Waals surface area (Å²) in [5.74, 6) is -1.68. The third-order valence-corrected chi connectivity index (χ3v) is 0.736. The summed E-state index contributed by atoms with van der Waals surface area (Å²) in [5.41, 5.74) is 0. The summed E-state index contributed by atoms with van der Waals surface area (Å²) in [6.07, 6.45) is 0.963. The molecule has 0 aliphatic carbocycles. The lowest BCUT2D eigenvalue weighted by Gasteiger charge is -2.12. The van der Waals surface area contributed by atoms with Crippen LogP contribution in [-0.2, 0) is 4.79 Å². The predicted molar refractivity (Wildman–Crippen MR) is 28.1 cm³/mol. The molecule has 0 amide bonds. The predicted octanol–water partition coefficient (Wildman–Crippen LogP) is -0.334. The fraction of sp³-hybridized carbons (Fsp3) is 0.800. The maximum absolute atomic E-state index is 9.63. The van der Waals surface area contributed by atoms with Crippen molar-refractivity contribution < 1.29 is 15.0 Å². The summed E-state index contributed by atoms with van der Waals surface area (Å²) in [4.78, 5) is 9.63. The van der Waals surface area contributed by atoms with Crippen molar-refractivity contribution in [1.29, 1.82) is 0 Å². The molecule has 0 rings (SSSR count). The maximum Gasteiger partial charge on any atom is 0.160 e. The van der Waals surface area contributed by atoms with Gasteiger partial charge in [-0.2, -0.15) is 0 Å². The molecule has 0 aromatic rings. The lowest BCUT2D eigenvalue weighted by Crippen LogP contribution is -2.22. The van der Waals surface area contributed by atoms with Gasteiger partial charge >= 0.3 is 0 Å². The molecule has 0 saturated carbocycles. The third kappa shape index (κ3) is 5.59. The second-order valence-corrected chi connectivity index (χ2v) is 1.92. The Bertz CT molecular complexity index is 72.2. The second kappa shape index (κ2) is 2.79. The topological polar surface area (TPSA) is 57.5 Å². The van der Waals surface area contributed by atoms with E-state index in [1.54, 1.807) is 0 Å². The number of rotatable bonds is 3. The molecule has 2 N–H and O–H groups in total. The minimum absolute atomic E-state index is 0.108. The molecule has 0 atom stereocenters. The Morgan fingerprint density at radius 3 is 2.25 bits per heavy atom. The molecule has 3 heteroatoms. The summed E-state index contributed by atoms with van der Waals surface area (Å²) in [6, 6.07) is 0. The average molecular weight is 118 g/mol. The molecule has 0 radical (unpaired) electrons.